The van der Waals surface area contributed by atoms with Gasteiger partial charge >= 0.3 is 0 Å². The van der Waals surface area contributed by atoms with Crippen LogP contribution in [0.4, 0.5) is 5.82 Å². The van der Waals surface area contributed by atoms with Gasteiger partial charge in [-0.15, -0.1) is 0 Å². The molecule has 2 aromatic heterocycles. The average Bonchev–Trinajstić information content (AvgIpc) is 3.16. The summed E-state index contributed by atoms with van der Waals surface area (Å²) in [7, 11) is 1.89. The number of amides is 1. The number of carbonyl (C=O) groups is 1. The summed E-state index contributed by atoms with van der Waals surface area (Å²) in [5.74, 6) is 1.04. The second kappa shape index (κ2) is 8.02. The van der Waals surface area contributed by atoms with Crippen molar-refractivity contribution < 1.29 is 4.79 Å². The number of piperazine rings is 1. The van der Waals surface area contributed by atoms with Crippen molar-refractivity contribution in [3.63, 3.8) is 0 Å². The monoisotopic (exact) mass is 405 g/mol. The number of nitrogens with one attached hydrogen (secondary N) is 1. The molecule has 0 bridgehead atoms. The summed E-state index contributed by atoms with van der Waals surface area (Å²) in [6.07, 6.45) is 6.68. The minimum absolute atomic E-state index is 0.113. The van der Waals surface area contributed by atoms with Gasteiger partial charge in [0.05, 0.1) is 24.2 Å². The normalized spacial score (nSPS) is 19.6. The molecule has 1 aliphatic carbocycles. The van der Waals surface area contributed by atoms with Gasteiger partial charge in [0.2, 0.25) is 5.91 Å². The van der Waals surface area contributed by atoms with Gasteiger partial charge in [-0.3, -0.25) is 14.4 Å². The molecule has 30 heavy (non-hydrogen) atoms. The van der Waals surface area contributed by atoms with Gasteiger partial charge in [0.15, 0.2) is 5.65 Å². The Morgan fingerprint density at radius 1 is 1.17 bits per heavy atom. The van der Waals surface area contributed by atoms with Crippen LogP contribution in [0.15, 0.2) is 36.8 Å². The van der Waals surface area contributed by atoms with Crippen LogP contribution >= 0.6 is 0 Å². The molecule has 1 aliphatic heterocycles. The SMILES string of the molecule is Cn1ncc2c(N3CCN(CC(=O)NC4CCCc5ccccc54)CC3)ncnc21. The van der Waals surface area contributed by atoms with Crippen LogP contribution in [-0.2, 0) is 18.3 Å². The summed E-state index contributed by atoms with van der Waals surface area (Å²) in [6.45, 7) is 3.78. The molecule has 1 fully saturated rings. The van der Waals surface area contributed by atoms with Crippen LogP contribution in [0.3, 0.4) is 0 Å². The number of fused-ring (bicyclic) bond motifs is 2. The van der Waals surface area contributed by atoms with Gasteiger partial charge in [-0.2, -0.15) is 5.10 Å². The minimum Gasteiger partial charge on any atom is -0.353 e. The highest BCUT2D eigenvalue weighted by Crippen LogP contribution is 2.29. The van der Waals surface area contributed by atoms with Crippen LogP contribution in [0.2, 0.25) is 0 Å². The van der Waals surface area contributed by atoms with Crippen molar-refractivity contribution in [1.29, 1.82) is 0 Å². The van der Waals surface area contributed by atoms with Crippen molar-refractivity contribution in [2.75, 3.05) is 37.6 Å². The maximum atomic E-state index is 12.7. The van der Waals surface area contributed by atoms with E-state index >= 15 is 0 Å². The molecule has 1 unspecified atom stereocenters. The number of hydrogen-bond acceptors (Lipinski definition) is 6. The molecule has 8 heteroatoms. The highest BCUT2D eigenvalue weighted by Gasteiger charge is 2.25. The predicted molar refractivity (Wildman–Crippen MR) is 115 cm³/mol. The zero-order valence-electron chi connectivity index (χ0n) is 17.3. The number of nitrogens with zero attached hydrogens (tertiary/aromatic N) is 6. The number of aromatic nitrogens is 4. The minimum atomic E-state index is 0.113. The van der Waals surface area contributed by atoms with Crippen molar-refractivity contribution >= 4 is 22.8 Å². The van der Waals surface area contributed by atoms with Gasteiger partial charge in [-0.05, 0) is 30.4 Å². The number of aryl methyl sites for hydroxylation is 2. The van der Waals surface area contributed by atoms with Crippen LogP contribution in [-0.4, -0.2) is 63.3 Å². The number of carbonyl (C=O) groups excluding carboxylic acids is 1. The quantitative estimate of drug-likeness (QED) is 0.712. The van der Waals surface area contributed by atoms with Crippen LogP contribution in [0.25, 0.3) is 11.0 Å². The van der Waals surface area contributed by atoms with Crippen molar-refractivity contribution in [3.8, 4) is 0 Å². The van der Waals surface area contributed by atoms with Gasteiger partial charge in [0.1, 0.15) is 12.1 Å². The molecule has 8 nitrogen and oxygen atoms in total. The van der Waals surface area contributed by atoms with E-state index in [1.807, 2.05) is 13.2 Å². The van der Waals surface area contributed by atoms with Gasteiger partial charge in [0.25, 0.3) is 0 Å². The first-order valence-corrected chi connectivity index (χ1v) is 10.7. The number of hydrogen-bond donors (Lipinski definition) is 1. The lowest BCUT2D eigenvalue weighted by atomic mass is 9.88. The molecular formula is C22H27N7O. The van der Waals surface area contributed by atoms with Crippen LogP contribution < -0.4 is 10.2 Å². The third-order valence-corrected chi connectivity index (χ3v) is 6.25. The Labute approximate surface area is 175 Å². The summed E-state index contributed by atoms with van der Waals surface area (Å²) in [4.78, 5) is 26.0. The molecule has 1 aromatic carbocycles. The predicted octanol–water partition coefficient (Wildman–Crippen LogP) is 1.68. The first-order valence-electron chi connectivity index (χ1n) is 10.7. The largest absolute Gasteiger partial charge is 0.353 e. The van der Waals surface area contributed by atoms with E-state index in [1.54, 1.807) is 11.0 Å². The Balaban J connectivity index is 1.18. The van der Waals surface area contributed by atoms with Crippen molar-refractivity contribution in [2.45, 2.75) is 25.3 Å². The number of benzene rings is 1. The Morgan fingerprint density at radius 2 is 2.00 bits per heavy atom. The Kier molecular flexibility index (Phi) is 5.08. The molecule has 3 heterocycles. The smallest absolute Gasteiger partial charge is 0.234 e. The molecule has 2 aliphatic rings. The molecule has 0 radical (unpaired) electrons. The number of anilines is 1. The standard InChI is InChI=1S/C22H27N7O/c1-27-21-18(13-25-27)22(24-15-23-21)29-11-9-28(10-12-29)14-20(30)26-19-8-4-6-16-5-2-3-7-17(16)19/h2-3,5,7,13,15,19H,4,6,8-12,14H2,1H3,(H,26,30). The topological polar surface area (TPSA) is 79.2 Å². The van der Waals surface area contributed by atoms with E-state index in [1.165, 1.54) is 11.1 Å². The molecule has 0 saturated carbocycles. The highest BCUT2D eigenvalue weighted by molar-refractivity contribution is 5.86. The average molecular weight is 406 g/mol. The molecular weight excluding hydrogens is 378 g/mol. The van der Waals surface area contributed by atoms with Gasteiger partial charge in [-0.1, -0.05) is 24.3 Å². The fraction of sp³-hybridized carbons (Fsp3) is 0.455. The lowest BCUT2D eigenvalue weighted by Gasteiger charge is -2.35. The zero-order chi connectivity index (χ0) is 20.5. The van der Waals surface area contributed by atoms with Crippen LogP contribution in [0.5, 0.6) is 0 Å². The maximum Gasteiger partial charge on any atom is 0.234 e. The third-order valence-electron chi connectivity index (χ3n) is 6.25. The van der Waals surface area contributed by atoms with E-state index in [9.17, 15) is 4.79 Å². The lowest BCUT2D eigenvalue weighted by molar-refractivity contribution is -0.123. The highest BCUT2D eigenvalue weighted by atomic mass is 16.2. The first-order chi connectivity index (χ1) is 14.7. The van der Waals surface area contributed by atoms with Crippen molar-refractivity contribution in [2.24, 2.45) is 7.05 Å². The van der Waals surface area contributed by atoms with E-state index in [4.69, 9.17) is 0 Å². The fourth-order valence-corrected chi connectivity index (χ4v) is 4.67. The van der Waals surface area contributed by atoms with Crippen LogP contribution in [0, 0.1) is 0 Å². The Bertz CT molecular complexity index is 1050. The Hall–Kier alpha value is -3.00. The third kappa shape index (κ3) is 3.63. The summed E-state index contributed by atoms with van der Waals surface area (Å²) in [5, 5.41) is 8.54. The molecule has 1 N–H and O–H groups in total. The molecule has 1 saturated heterocycles. The molecule has 3 aromatic rings. The molecule has 1 atom stereocenters. The lowest BCUT2D eigenvalue weighted by Crippen LogP contribution is -2.50. The first kappa shape index (κ1) is 19.0. The molecule has 1 amide bonds. The summed E-state index contributed by atoms with van der Waals surface area (Å²) < 4.78 is 1.77. The van der Waals surface area contributed by atoms with Crippen LogP contribution in [0.1, 0.15) is 30.0 Å². The Morgan fingerprint density at radius 3 is 2.87 bits per heavy atom. The zero-order valence-corrected chi connectivity index (χ0v) is 17.3. The molecule has 5 rings (SSSR count). The van der Waals surface area contributed by atoms with E-state index < -0.39 is 0 Å². The fourth-order valence-electron chi connectivity index (χ4n) is 4.67. The number of rotatable bonds is 4. The molecule has 156 valence electrons. The maximum absolute atomic E-state index is 12.7. The van der Waals surface area contributed by atoms with E-state index in [-0.39, 0.29) is 11.9 Å². The van der Waals surface area contributed by atoms with E-state index in [0.717, 1.165) is 62.3 Å². The van der Waals surface area contributed by atoms with Gasteiger partial charge in [0, 0.05) is 33.2 Å². The van der Waals surface area contributed by atoms with Crippen molar-refractivity contribution in [3.05, 3.63) is 47.9 Å². The van der Waals surface area contributed by atoms with E-state index in [0.29, 0.717) is 6.54 Å². The second-order valence-corrected chi connectivity index (χ2v) is 8.18. The summed E-state index contributed by atoms with van der Waals surface area (Å²) in [5.41, 5.74) is 3.50. The van der Waals surface area contributed by atoms with Crippen molar-refractivity contribution in [1.82, 2.24) is 30.0 Å². The summed E-state index contributed by atoms with van der Waals surface area (Å²) in [6, 6.07) is 8.62. The van der Waals surface area contributed by atoms with E-state index in [2.05, 4.69) is 54.4 Å². The van der Waals surface area contributed by atoms with Gasteiger partial charge in [-0.25, -0.2) is 9.97 Å². The molecule has 0 spiro atoms. The second-order valence-electron chi connectivity index (χ2n) is 8.18. The van der Waals surface area contributed by atoms with Gasteiger partial charge < -0.3 is 10.2 Å². The summed E-state index contributed by atoms with van der Waals surface area (Å²) >= 11 is 0.